The van der Waals surface area contributed by atoms with Crippen LogP contribution in [0.25, 0.3) is 0 Å². The number of carbonyl (C=O) groups is 1. The van der Waals surface area contributed by atoms with Crippen LogP contribution in [0.15, 0.2) is 18.2 Å². The van der Waals surface area contributed by atoms with Crippen molar-refractivity contribution in [3.05, 3.63) is 29.3 Å². The molecule has 2 rings (SSSR count). The van der Waals surface area contributed by atoms with Gasteiger partial charge >= 0.3 is 5.97 Å². The van der Waals surface area contributed by atoms with E-state index in [2.05, 4.69) is 15.5 Å². The van der Waals surface area contributed by atoms with Gasteiger partial charge in [0.1, 0.15) is 0 Å². The lowest BCUT2D eigenvalue weighted by Crippen LogP contribution is -2.33. The van der Waals surface area contributed by atoms with Gasteiger partial charge in [-0.25, -0.2) is 4.79 Å². The van der Waals surface area contributed by atoms with Gasteiger partial charge in [-0.05, 0) is 88.7 Å². The van der Waals surface area contributed by atoms with E-state index in [1.165, 1.54) is 38.8 Å². The van der Waals surface area contributed by atoms with Crippen LogP contribution in [-0.2, 0) is 4.74 Å². The van der Waals surface area contributed by atoms with Gasteiger partial charge in [0.05, 0.1) is 12.2 Å². The van der Waals surface area contributed by atoms with Crippen molar-refractivity contribution in [1.29, 1.82) is 0 Å². The van der Waals surface area contributed by atoms with Gasteiger partial charge in [-0.15, -0.1) is 0 Å². The Hall–Kier alpha value is -1.66. The van der Waals surface area contributed by atoms with Gasteiger partial charge in [-0.3, -0.25) is 0 Å². The Morgan fingerprint density at radius 1 is 1.23 bits per heavy atom. The second kappa shape index (κ2) is 11.1. The number of benzene rings is 1. The summed E-state index contributed by atoms with van der Waals surface area (Å²) >= 11 is 5.39. The third-order valence-electron chi connectivity index (χ3n) is 4.62. The lowest BCUT2D eigenvalue weighted by molar-refractivity contribution is 0.0526. The molecule has 0 radical (unpaired) electrons. The SMILES string of the molecule is CCOC(=O)c1ccc(NC(=S)NCCCN2CCCCCC2)c(C)c1. The fourth-order valence-corrected chi connectivity index (χ4v) is 3.39. The third kappa shape index (κ3) is 6.92. The third-order valence-corrected chi connectivity index (χ3v) is 4.87. The number of hydrogen-bond acceptors (Lipinski definition) is 4. The molecule has 0 atom stereocenters. The zero-order chi connectivity index (χ0) is 18.8. The molecule has 26 heavy (non-hydrogen) atoms. The summed E-state index contributed by atoms with van der Waals surface area (Å²) in [5.74, 6) is -0.295. The summed E-state index contributed by atoms with van der Waals surface area (Å²) in [5.41, 5.74) is 2.43. The number of esters is 1. The zero-order valence-corrected chi connectivity index (χ0v) is 16.8. The van der Waals surface area contributed by atoms with Crippen molar-refractivity contribution in [3.63, 3.8) is 0 Å². The summed E-state index contributed by atoms with van der Waals surface area (Å²) in [7, 11) is 0. The Bertz CT molecular complexity index is 599. The molecule has 1 aliphatic rings. The highest BCUT2D eigenvalue weighted by atomic mass is 32.1. The average Bonchev–Trinajstić information content (AvgIpc) is 2.89. The van der Waals surface area contributed by atoms with Gasteiger partial charge < -0.3 is 20.3 Å². The highest BCUT2D eigenvalue weighted by Crippen LogP contribution is 2.17. The van der Waals surface area contributed by atoms with Crippen LogP contribution < -0.4 is 10.6 Å². The predicted molar refractivity (Wildman–Crippen MR) is 111 cm³/mol. The Kier molecular flexibility index (Phi) is 8.85. The van der Waals surface area contributed by atoms with Crippen molar-refractivity contribution in [2.75, 3.05) is 38.1 Å². The molecule has 1 heterocycles. The van der Waals surface area contributed by atoms with Gasteiger partial charge in [-0.2, -0.15) is 0 Å². The van der Waals surface area contributed by atoms with Gasteiger partial charge in [0.15, 0.2) is 5.11 Å². The maximum Gasteiger partial charge on any atom is 0.338 e. The number of carbonyl (C=O) groups excluding carboxylic acids is 1. The summed E-state index contributed by atoms with van der Waals surface area (Å²) in [6.45, 7) is 8.59. The summed E-state index contributed by atoms with van der Waals surface area (Å²) in [6.07, 6.45) is 6.49. The van der Waals surface area contributed by atoms with Crippen molar-refractivity contribution < 1.29 is 9.53 Å². The molecule has 5 nitrogen and oxygen atoms in total. The molecule has 1 fully saturated rings. The number of nitrogens with one attached hydrogen (secondary N) is 2. The summed E-state index contributed by atoms with van der Waals surface area (Å²) in [6, 6.07) is 5.45. The zero-order valence-electron chi connectivity index (χ0n) is 16.0. The molecular formula is C20H31N3O2S. The molecule has 6 heteroatoms. The molecular weight excluding hydrogens is 346 g/mol. The van der Waals surface area contributed by atoms with Gasteiger partial charge in [0, 0.05) is 12.2 Å². The van der Waals surface area contributed by atoms with Crippen molar-refractivity contribution >= 4 is 29.0 Å². The molecule has 1 saturated heterocycles. The number of anilines is 1. The first-order valence-electron chi connectivity index (χ1n) is 9.65. The molecule has 0 unspecified atom stereocenters. The highest BCUT2D eigenvalue weighted by Gasteiger charge is 2.10. The minimum atomic E-state index is -0.295. The van der Waals surface area contributed by atoms with E-state index in [1.54, 1.807) is 13.0 Å². The summed E-state index contributed by atoms with van der Waals surface area (Å²) in [5, 5.41) is 7.10. The van der Waals surface area contributed by atoms with Crippen LogP contribution in [0.5, 0.6) is 0 Å². The fraction of sp³-hybridized carbons (Fsp3) is 0.600. The van der Waals surface area contributed by atoms with Gasteiger partial charge in [0.25, 0.3) is 0 Å². The van der Waals surface area contributed by atoms with Gasteiger partial charge in [-0.1, -0.05) is 12.8 Å². The maximum absolute atomic E-state index is 11.8. The van der Waals surface area contributed by atoms with Crippen molar-refractivity contribution in [1.82, 2.24) is 10.2 Å². The van der Waals surface area contributed by atoms with Crippen LogP contribution in [-0.4, -0.2) is 48.8 Å². The number of nitrogens with zero attached hydrogens (tertiary/aromatic N) is 1. The van der Waals surface area contributed by atoms with Crippen molar-refractivity contribution in [3.8, 4) is 0 Å². The van der Waals surface area contributed by atoms with E-state index in [0.29, 0.717) is 17.3 Å². The topological polar surface area (TPSA) is 53.6 Å². The molecule has 0 amide bonds. The van der Waals surface area contributed by atoms with Crippen LogP contribution in [0.2, 0.25) is 0 Å². The van der Waals surface area contributed by atoms with E-state index in [0.717, 1.165) is 30.8 Å². The first kappa shape index (κ1) is 20.6. The lowest BCUT2D eigenvalue weighted by Gasteiger charge is -2.20. The van der Waals surface area contributed by atoms with Crippen LogP contribution in [0.4, 0.5) is 5.69 Å². The molecule has 0 spiro atoms. The lowest BCUT2D eigenvalue weighted by atomic mass is 10.1. The summed E-state index contributed by atoms with van der Waals surface area (Å²) < 4.78 is 5.03. The number of aryl methyl sites for hydroxylation is 1. The molecule has 1 aromatic carbocycles. The number of likely N-dealkylation sites (tertiary alicyclic amines) is 1. The number of ether oxygens (including phenoxy) is 1. The number of rotatable bonds is 7. The Morgan fingerprint density at radius 3 is 2.62 bits per heavy atom. The quantitative estimate of drug-likeness (QED) is 0.429. The second-order valence-electron chi connectivity index (χ2n) is 6.74. The van der Waals surface area contributed by atoms with Crippen LogP contribution in [0, 0.1) is 6.92 Å². The maximum atomic E-state index is 11.8. The largest absolute Gasteiger partial charge is 0.462 e. The Labute approximate surface area is 162 Å². The Morgan fingerprint density at radius 2 is 1.96 bits per heavy atom. The predicted octanol–water partition coefficient (Wildman–Crippen LogP) is 3.72. The first-order valence-corrected chi connectivity index (χ1v) is 10.1. The van der Waals surface area contributed by atoms with Crippen LogP contribution in [0.3, 0.4) is 0 Å². The first-order chi connectivity index (χ1) is 12.6. The monoisotopic (exact) mass is 377 g/mol. The average molecular weight is 378 g/mol. The van der Waals surface area contributed by atoms with E-state index in [1.807, 2.05) is 19.1 Å². The van der Waals surface area contributed by atoms with Crippen LogP contribution >= 0.6 is 12.2 Å². The molecule has 0 saturated carbocycles. The van der Waals surface area contributed by atoms with Gasteiger partial charge in [0.2, 0.25) is 0 Å². The molecule has 0 bridgehead atoms. The van der Waals surface area contributed by atoms with Crippen molar-refractivity contribution in [2.45, 2.75) is 46.0 Å². The van der Waals surface area contributed by atoms with E-state index >= 15 is 0 Å². The summed E-state index contributed by atoms with van der Waals surface area (Å²) in [4.78, 5) is 14.3. The van der Waals surface area contributed by atoms with Crippen LogP contribution in [0.1, 0.15) is 54.9 Å². The molecule has 0 aliphatic carbocycles. The number of thiocarbonyl (C=S) groups is 1. The molecule has 0 aromatic heterocycles. The number of hydrogen-bond donors (Lipinski definition) is 2. The Balaban J connectivity index is 1.72. The highest BCUT2D eigenvalue weighted by molar-refractivity contribution is 7.80. The molecule has 1 aromatic rings. The second-order valence-corrected chi connectivity index (χ2v) is 7.15. The van der Waals surface area contributed by atoms with E-state index in [4.69, 9.17) is 17.0 Å². The standard InChI is InChI=1S/C20H31N3O2S/c1-3-25-19(24)17-9-10-18(16(2)15-17)22-20(26)21-11-8-14-23-12-6-4-5-7-13-23/h9-10,15H,3-8,11-14H2,1-2H3,(H2,21,22,26). The normalized spacial score (nSPS) is 15.2. The minimum absolute atomic E-state index is 0.295. The van der Waals surface area contributed by atoms with E-state index in [-0.39, 0.29) is 5.97 Å². The van der Waals surface area contributed by atoms with Crippen molar-refractivity contribution in [2.24, 2.45) is 0 Å². The van der Waals surface area contributed by atoms with E-state index < -0.39 is 0 Å². The fourth-order valence-electron chi connectivity index (χ4n) is 3.18. The molecule has 2 N–H and O–H groups in total. The molecule has 144 valence electrons. The minimum Gasteiger partial charge on any atom is -0.462 e. The molecule has 1 aliphatic heterocycles. The van der Waals surface area contributed by atoms with E-state index in [9.17, 15) is 4.79 Å². The smallest absolute Gasteiger partial charge is 0.338 e.